The van der Waals surface area contributed by atoms with E-state index in [1.54, 1.807) is 39.8 Å². The number of ether oxygens (including phenoxy) is 2. The van der Waals surface area contributed by atoms with E-state index >= 15 is 0 Å². The van der Waals surface area contributed by atoms with Crippen LogP contribution in [0.1, 0.15) is 126 Å². The lowest BCUT2D eigenvalue weighted by molar-refractivity contribution is -0.192. The summed E-state index contributed by atoms with van der Waals surface area (Å²) in [7, 11) is 0. The molecule has 254 valence electrons. The average molecular weight is 631 g/mol. The molecule has 0 radical (unpaired) electrons. The summed E-state index contributed by atoms with van der Waals surface area (Å²) in [6.07, 6.45) is 11.0. The number of carbonyl (C=O) groups is 3. The summed E-state index contributed by atoms with van der Waals surface area (Å²) in [4.78, 5) is 40.8. The Balaban J connectivity index is 1.59. The SMILES string of the molecule is CCCCCCCCCCCC(=O)O[C@@]12C[C@@H](C)[C@]34C=C(C)[C@H](O)[C@@]3(O)[C@H](O)C(COC(=O)C(C)(C)C)=C[C@H](C4=O)[C@@H]1C2(C)C. The Kier molecular flexibility index (Phi) is 10.2. The highest BCUT2D eigenvalue weighted by Crippen LogP contribution is 2.75. The van der Waals surface area contributed by atoms with Crippen LogP contribution in [0.3, 0.4) is 0 Å². The van der Waals surface area contributed by atoms with Gasteiger partial charge in [-0.05, 0) is 57.6 Å². The summed E-state index contributed by atoms with van der Waals surface area (Å²) in [6.45, 7) is 14.5. The van der Waals surface area contributed by atoms with E-state index in [2.05, 4.69) is 6.92 Å². The largest absolute Gasteiger partial charge is 0.461 e. The summed E-state index contributed by atoms with van der Waals surface area (Å²) in [5, 5.41) is 35.5. The third kappa shape index (κ3) is 5.86. The van der Waals surface area contributed by atoms with Crippen LogP contribution in [0.25, 0.3) is 0 Å². The number of unbranched alkanes of at least 4 members (excludes halogenated alkanes) is 8. The Bertz CT molecular complexity index is 1210. The van der Waals surface area contributed by atoms with Crippen molar-refractivity contribution in [2.45, 2.75) is 149 Å². The van der Waals surface area contributed by atoms with Crippen LogP contribution in [0, 0.1) is 34.0 Å². The second kappa shape index (κ2) is 12.9. The van der Waals surface area contributed by atoms with E-state index in [0.717, 1.165) is 19.3 Å². The molecule has 45 heavy (non-hydrogen) atoms. The van der Waals surface area contributed by atoms with Gasteiger partial charge in [-0.2, -0.15) is 0 Å². The molecule has 4 rings (SSSR count). The van der Waals surface area contributed by atoms with Crippen LogP contribution in [-0.2, 0) is 23.9 Å². The van der Waals surface area contributed by atoms with Crippen LogP contribution in [0.15, 0.2) is 23.3 Å². The van der Waals surface area contributed by atoms with E-state index in [1.807, 2.05) is 20.8 Å². The predicted molar refractivity (Wildman–Crippen MR) is 172 cm³/mol. The summed E-state index contributed by atoms with van der Waals surface area (Å²) in [5.74, 6) is -2.88. The van der Waals surface area contributed by atoms with Crippen molar-refractivity contribution in [2.24, 2.45) is 34.0 Å². The molecule has 2 saturated carbocycles. The third-order valence-electron chi connectivity index (χ3n) is 11.6. The molecule has 4 aliphatic carbocycles. The molecule has 2 fully saturated rings. The molecular formula is C37H58O8. The summed E-state index contributed by atoms with van der Waals surface area (Å²) in [5.41, 5.74) is -5.62. The Morgan fingerprint density at radius 3 is 2.13 bits per heavy atom. The van der Waals surface area contributed by atoms with E-state index in [-0.39, 0.29) is 23.9 Å². The van der Waals surface area contributed by atoms with Crippen LogP contribution >= 0.6 is 0 Å². The molecule has 0 heterocycles. The minimum absolute atomic E-state index is 0.171. The fourth-order valence-electron chi connectivity index (χ4n) is 8.92. The van der Waals surface area contributed by atoms with Crippen molar-refractivity contribution >= 4 is 17.7 Å². The Morgan fingerprint density at radius 1 is 0.978 bits per heavy atom. The van der Waals surface area contributed by atoms with Gasteiger partial charge in [0.2, 0.25) is 0 Å². The number of hydrogen-bond donors (Lipinski definition) is 3. The molecule has 0 aliphatic heterocycles. The number of rotatable bonds is 13. The zero-order valence-electron chi connectivity index (χ0n) is 28.9. The number of carbonyl (C=O) groups excluding carboxylic acids is 3. The van der Waals surface area contributed by atoms with Gasteiger partial charge in [-0.15, -0.1) is 0 Å². The number of ketones is 1. The molecule has 0 aromatic rings. The third-order valence-corrected chi connectivity index (χ3v) is 11.6. The minimum atomic E-state index is -2.27. The highest BCUT2D eigenvalue weighted by Gasteiger charge is 2.83. The zero-order valence-corrected chi connectivity index (χ0v) is 28.9. The highest BCUT2D eigenvalue weighted by atomic mass is 16.6. The predicted octanol–water partition coefficient (Wildman–Crippen LogP) is 6.00. The van der Waals surface area contributed by atoms with Gasteiger partial charge in [0.1, 0.15) is 30.0 Å². The first-order valence-corrected chi connectivity index (χ1v) is 17.3. The maximum absolute atomic E-state index is 14.7. The Morgan fingerprint density at radius 2 is 1.56 bits per heavy atom. The van der Waals surface area contributed by atoms with Crippen LogP contribution in [0.4, 0.5) is 0 Å². The fraction of sp³-hybridized carbons (Fsp3) is 0.811. The van der Waals surface area contributed by atoms with Crippen molar-refractivity contribution in [3.8, 4) is 0 Å². The van der Waals surface area contributed by atoms with Crippen molar-refractivity contribution in [3.63, 3.8) is 0 Å². The van der Waals surface area contributed by atoms with Gasteiger partial charge in [0.15, 0.2) is 5.78 Å². The van der Waals surface area contributed by atoms with Gasteiger partial charge >= 0.3 is 11.9 Å². The molecule has 4 aliphatic rings. The molecule has 8 heteroatoms. The molecule has 0 amide bonds. The first kappa shape index (κ1) is 35.8. The lowest BCUT2D eigenvalue weighted by atomic mass is 9.59. The maximum atomic E-state index is 14.7. The fourth-order valence-corrected chi connectivity index (χ4v) is 8.92. The minimum Gasteiger partial charge on any atom is -0.461 e. The Hall–Kier alpha value is -2.03. The number of hydrogen-bond acceptors (Lipinski definition) is 8. The van der Waals surface area contributed by atoms with Crippen LogP contribution < -0.4 is 0 Å². The maximum Gasteiger partial charge on any atom is 0.311 e. The number of allylic oxidation sites excluding steroid dienone is 1. The van der Waals surface area contributed by atoms with Crippen LogP contribution in [0.2, 0.25) is 0 Å². The number of aliphatic hydroxyl groups excluding tert-OH is 2. The van der Waals surface area contributed by atoms with Crippen molar-refractivity contribution in [2.75, 3.05) is 6.61 Å². The number of aliphatic hydroxyl groups is 3. The van der Waals surface area contributed by atoms with Gasteiger partial charge < -0.3 is 24.8 Å². The molecule has 8 atom stereocenters. The molecule has 0 saturated heterocycles. The van der Waals surface area contributed by atoms with E-state index in [1.165, 1.54) is 38.5 Å². The topological polar surface area (TPSA) is 130 Å². The van der Waals surface area contributed by atoms with Crippen molar-refractivity contribution in [1.82, 2.24) is 0 Å². The van der Waals surface area contributed by atoms with Crippen molar-refractivity contribution in [3.05, 3.63) is 23.3 Å². The zero-order chi connectivity index (χ0) is 33.6. The molecule has 0 aromatic heterocycles. The van der Waals surface area contributed by atoms with Gasteiger partial charge in [0.25, 0.3) is 0 Å². The van der Waals surface area contributed by atoms with Crippen LogP contribution in [-0.4, -0.2) is 63.1 Å². The van der Waals surface area contributed by atoms with Gasteiger partial charge in [-0.1, -0.05) is 91.2 Å². The molecule has 3 N–H and O–H groups in total. The van der Waals surface area contributed by atoms with Crippen molar-refractivity contribution < 1.29 is 39.2 Å². The first-order chi connectivity index (χ1) is 20.9. The van der Waals surface area contributed by atoms with E-state index in [9.17, 15) is 29.7 Å². The smallest absolute Gasteiger partial charge is 0.311 e. The highest BCUT2D eigenvalue weighted by molar-refractivity contribution is 5.96. The quantitative estimate of drug-likeness (QED) is 0.128. The molecule has 8 nitrogen and oxygen atoms in total. The molecular weight excluding hydrogens is 572 g/mol. The van der Waals surface area contributed by atoms with E-state index in [4.69, 9.17) is 9.47 Å². The summed E-state index contributed by atoms with van der Waals surface area (Å²) < 4.78 is 12.0. The van der Waals surface area contributed by atoms with Crippen LogP contribution in [0.5, 0.6) is 0 Å². The summed E-state index contributed by atoms with van der Waals surface area (Å²) >= 11 is 0. The van der Waals surface area contributed by atoms with Gasteiger partial charge in [0, 0.05) is 23.7 Å². The normalized spacial score (nSPS) is 36.6. The van der Waals surface area contributed by atoms with Gasteiger partial charge in [-0.3, -0.25) is 14.4 Å². The Labute approximate surface area is 270 Å². The molecule has 2 bridgehead atoms. The lowest BCUT2D eigenvalue weighted by Crippen LogP contribution is -2.65. The molecule has 0 unspecified atom stereocenters. The van der Waals surface area contributed by atoms with E-state index < -0.39 is 63.4 Å². The molecule has 1 spiro atoms. The number of fused-ring (bicyclic) bond motifs is 3. The second-order valence-corrected chi connectivity index (χ2v) is 16.1. The van der Waals surface area contributed by atoms with Gasteiger partial charge in [0.05, 0.1) is 10.8 Å². The monoisotopic (exact) mass is 630 g/mol. The molecule has 0 aromatic carbocycles. The first-order valence-electron chi connectivity index (χ1n) is 17.3. The summed E-state index contributed by atoms with van der Waals surface area (Å²) in [6, 6.07) is 0. The van der Waals surface area contributed by atoms with E-state index in [0.29, 0.717) is 18.4 Å². The number of Topliss-reactive ketones (excluding diaryl/α,β-unsaturated/α-hetero) is 1. The standard InChI is InChI=1S/C37H58O8/c1-9-10-11-12-13-14-15-16-17-18-27(38)45-36-21-24(3)35-20-23(2)29(39)37(35,43)30(40)25(22-44-32(42)33(4,5)6)19-26(31(35)41)28(36)34(36,7)8/h19-20,24,26,28-30,39-40,43H,9-18,21-22H2,1-8H3/t24-,26+,28-,29+,30-,35+,36+,37-/m1/s1. The second-order valence-electron chi connectivity index (χ2n) is 16.1. The van der Waals surface area contributed by atoms with Gasteiger partial charge in [-0.25, -0.2) is 0 Å². The average Bonchev–Trinajstić information content (AvgIpc) is 3.37. The number of esters is 2. The van der Waals surface area contributed by atoms with Crippen molar-refractivity contribution in [1.29, 1.82) is 0 Å². The lowest BCUT2D eigenvalue weighted by Gasteiger charge is -2.48.